The largest absolute Gasteiger partial charge is 0.423 e. The van der Waals surface area contributed by atoms with Crippen LogP contribution in [-0.4, -0.2) is 17.0 Å². The van der Waals surface area contributed by atoms with Crippen LogP contribution in [0.2, 0.25) is 5.02 Å². The minimum absolute atomic E-state index is 0.0181. The zero-order valence-electron chi connectivity index (χ0n) is 9.95. The lowest BCUT2D eigenvalue weighted by Crippen LogP contribution is -2.06. The Hall–Kier alpha value is -1.24. The van der Waals surface area contributed by atoms with Crippen LogP contribution in [0.25, 0.3) is 0 Å². The summed E-state index contributed by atoms with van der Waals surface area (Å²) in [5, 5.41) is 3.00. The van der Waals surface area contributed by atoms with Gasteiger partial charge in [-0.25, -0.2) is 14.4 Å². The first-order valence-corrected chi connectivity index (χ1v) is 6.55. The molecule has 0 aliphatic heterocycles. The summed E-state index contributed by atoms with van der Waals surface area (Å²) >= 11 is 8.88. The number of halogens is 3. The second-order valence-corrected chi connectivity index (χ2v) is 4.96. The number of hydrogen-bond acceptors (Lipinski definition) is 4. The van der Waals surface area contributed by atoms with Crippen LogP contribution < -0.4 is 10.1 Å². The van der Waals surface area contributed by atoms with Crippen molar-refractivity contribution in [2.75, 3.05) is 7.05 Å². The zero-order valence-corrected chi connectivity index (χ0v) is 12.3. The normalized spacial score (nSPS) is 10.5. The first-order valence-electron chi connectivity index (χ1n) is 5.38. The van der Waals surface area contributed by atoms with Crippen molar-refractivity contribution in [1.29, 1.82) is 0 Å². The molecule has 2 aromatic rings. The van der Waals surface area contributed by atoms with E-state index in [1.807, 2.05) is 7.05 Å². The summed E-state index contributed by atoms with van der Waals surface area (Å²) in [5.74, 6) is -0.296. The van der Waals surface area contributed by atoms with Gasteiger partial charge in [-0.05, 0) is 29.0 Å². The van der Waals surface area contributed by atoms with E-state index in [-0.39, 0.29) is 16.8 Å². The molecule has 7 heteroatoms. The van der Waals surface area contributed by atoms with Crippen molar-refractivity contribution < 1.29 is 9.13 Å². The maximum atomic E-state index is 13.3. The molecule has 0 amide bonds. The van der Waals surface area contributed by atoms with Crippen LogP contribution in [0.4, 0.5) is 4.39 Å². The van der Waals surface area contributed by atoms with E-state index in [1.165, 1.54) is 12.1 Å². The summed E-state index contributed by atoms with van der Waals surface area (Å²) in [4.78, 5) is 8.07. The van der Waals surface area contributed by atoms with Gasteiger partial charge in [-0.1, -0.05) is 11.6 Å². The van der Waals surface area contributed by atoms with Crippen LogP contribution in [0.5, 0.6) is 11.8 Å². The van der Waals surface area contributed by atoms with Gasteiger partial charge in [0.15, 0.2) is 0 Å². The lowest BCUT2D eigenvalue weighted by Gasteiger charge is -2.07. The highest BCUT2D eigenvalue weighted by atomic mass is 79.9. The smallest absolute Gasteiger partial charge is 0.321 e. The van der Waals surface area contributed by atoms with Crippen molar-refractivity contribution >= 4 is 27.5 Å². The van der Waals surface area contributed by atoms with Crippen LogP contribution in [0.1, 0.15) is 5.56 Å². The topological polar surface area (TPSA) is 47.0 Å². The molecule has 1 aromatic heterocycles. The molecule has 0 aliphatic carbocycles. The number of hydrogen-bond donors (Lipinski definition) is 1. The monoisotopic (exact) mass is 345 g/mol. The van der Waals surface area contributed by atoms with E-state index >= 15 is 0 Å². The molecule has 1 N–H and O–H groups in total. The number of rotatable bonds is 4. The fourth-order valence-electron chi connectivity index (χ4n) is 1.37. The van der Waals surface area contributed by atoms with Crippen molar-refractivity contribution in [3.63, 3.8) is 0 Å². The first kappa shape index (κ1) is 14.2. The summed E-state index contributed by atoms with van der Waals surface area (Å²) in [6.45, 7) is 0.666. The Morgan fingerprint density at radius 3 is 2.68 bits per heavy atom. The second-order valence-electron chi connectivity index (χ2n) is 3.70. The van der Waals surface area contributed by atoms with E-state index in [2.05, 4.69) is 31.2 Å². The molecular formula is C12H10BrClFN3O. The predicted octanol–water partition coefficient (Wildman–Crippen LogP) is 3.54. The Bertz CT molecular complexity index is 580. The maximum Gasteiger partial charge on any atom is 0.321 e. The lowest BCUT2D eigenvalue weighted by molar-refractivity contribution is 0.434. The Labute approximate surface area is 123 Å². The Balaban J connectivity index is 2.19. The average Bonchev–Trinajstić information content (AvgIpc) is 2.38. The highest BCUT2D eigenvalue weighted by Crippen LogP contribution is 2.32. The highest BCUT2D eigenvalue weighted by molar-refractivity contribution is 9.10. The molecule has 100 valence electrons. The average molecular weight is 347 g/mol. The summed E-state index contributed by atoms with van der Waals surface area (Å²) in [6.07, 6.45) is 3.28. The van der Waals surface area contributed by atoms with E-state index in [0.29, 0.717) is 11.0 Å². The summed E-state index contributed by atoms with van der Waals surface area (Å²) < 4.78 is 19.3. The van der Waals surface area contributed by atoms with Crippen LogP contribution in [-0.2, 0) is 6.54 Å². The standard InChI is InChI=1S/C12H10BrClFN3O/c1-16-4-7-5-17-12(18-6-7)19-11-3-10(15)9(14)2-8(11)13/h2-3,5-6,16H,4H2,1H3. The van der Waals surface area contributed by atoms with E-state index in [9.17, 15) is 4.39 Å². The minimum atomic E-state index is -0.563. The van der Waals surface area contributed by atoms with Gasteiger partial charge in [-0.3, -0.25) is 0 Å². The van der Waals surface area contributed by atoms with E-state index in [1.54, 1.807) is 12.4 Å². The summed E-state index contributed by atoms with van der Waals surface area (Å²) in [6, 6.07) is 2.74. The van der Waals surface area contributed by atoms with Gasteiger partial charge in [-0.15, -0.1) is 0 Å². The number of nitrogens with one attached hydrogen (secondary N) is 1. The molecule has 1 aromatic carbocycles. The molecule has 0 saturated carbocycles. The van der Waals surface area contributed by atoms with Gasteiger partial charge in [-0.2, -0.15) is 0 Å². The molecule has 0 atom stereocenters. The van der Waals surface area contributed by atoms with Crippen LogP contribution in [0, 0.1) is 5.82 Å². The molecule has 0 saturated heterocycles. The fourth-order valence-corrected chi connectivity index (χ4v) is 2.09. The van der Waals surface area contributed by atoms with Gasteiger partial charge < -0.3 is 10.1 Å². The van der Waals surface area contributed by atoms with E-state index in [4.69, 9.17) is 16.3 Å². The molecule has 0 radical (unpaired) electrons. The second kappa shape index (κ2) is 6.27. The van der Waals surface area contributed by atoms with Crippen molar-refractivity contribution in [3.8, 4) is 11.8 Å². The number of aromatic nitrogens is 2. The molecule has 0 spiro atoms. The van der Waals surface area contributed by atoms with Crippen molar-refractivity contribution in [2.24, 2.45) is 0 Å². The summed E-state index contributed by atoms with van der Waals surface area (Å²) in [5.41, 5.74) is 0.927. The summed E-state index contributed by atoms with van der Waals surface area (Å²) in [7, 11) is 1.83. The Morgan fingerprint density at radius 2 is 2.05 bits per heavy atom. The molecule has 0 unspecified atom stereocenters. The molecule has 2 rings (SSSR count). The van der Waals surface area contributed by atoms with Gasteiger partial charge in [0.05, 0.1) is 9.50 Å². The van der Waals surface area contributed by atoms with Crippen LogP contribution in [0.15, 0.2) is 29.0 Å². The number of benzene rings is 1. The predicted molar refractivity (Wildman–Crippen MR) is 74.0 cm³/mol. The molecule has 19 heavy (non-hydrogen) atoms. The third-order valence-corrected chi connectivity index (χ3v) is 3.15. The van der Waals surface area contributed by atoms with Gasteiger partial charge >= 0.3 is 6.01 Å². The lowest BCUT2D eigenvalue weighted by atomic mass is 10.3. The van der Waals surface area contributed by atoms with Crippen molar-refractivity contribution in [1.82, 2.24) is 15.3 Å². The van der Waals surface area contributed by atoms with Gasteiger partial charge in [0.1, 0.15) is 11.6 Å². The minimum Gasteiger partial charge on any atom is -0.423 e. The Kier molecular flexibility index (Phi) is 4.68. The molecule has 0 fully saturated rings. The van der Waals surface area contributed by atoms with Gasteiger partial charge in [0.25, 0.3) is 0 Å². The number of nitrogens with zero attached hydrogens (tertiary/aromatic N) is 2. The van der Waals surface area contributed by atoms with Crippen molar-refractivity contribution in [2.45, 2.75) is 6.54 Å². The van der Waals surface area contributed by atoms with Crippen LogP contribution >= 0.6 is 27.5 Å². The van der Waals surface area contributed by atoms with E-state index < -0.39 is 5.82 Å². The third kappa shape index (κ3) is 3.62. The molecule has 0 aliphatic rings. The third-order valence-electron chi connectivity index (χ3n) is 2.24. The zero-order chi connectivity index (χ0) is 13.8. The highest BCUT2D eigenvalue weighted by Gasteiger charge is 2.10. The quantitative estimate of drug-likeness (QED) is 0.860. The van der Waals surface area contributed by atoms with Crippen LogP contribution in [0.3, 0.4) is 0 Å². The van der Waals surface area contributed by atoms with Gasteiger partial charge in [0, 0.05) is 30.6 Å². The first-order chi connectivity index (χ1) is 9.10. The molecule has 1 heterocycles. The Morgan fingerprint density at radius 1 is 1.37 bits per heavy atom. The van der Waals surface area contributed by atoms with Crippen molar-refractivity contribution in [3.05, 3.63) is 45.4 Å². The maximum absolute atomic E-state index is 13.3. The van der Waals surface area contributed by atoms with E-state index in [0.717, 1.165) is 5.56 Å². The number of ether oxygens (including phenoxy) is 1. The molecular weight excluding hydrogens is 337 g/mol. The SMILES string of the molecule is CNCc1cnc(Oc2cc(F)c(Cl)cc2Br)nc1. The molecule has 4 nitrogen and oxygen atoms in total. The fraction of sp³-hybridized carbons (Fsp3) is 0.167. The van der Waals surface area contributed by atoms with Gasteiger partial charge in [0.2, 0.25) is 0 Å². The molecule has 0 bridgehead atoms.